The number of aromatic nitrogens is 4. The lowest BCUT2D eigenvalue weighted by Gasteiger charge is -2.20. The highest BCUT2D eigenvalue weighted by Gasteiger charge is 2.42. The van der Waals surface area contributed by atoms with E-state index < -0.39 is 0 Å². The predicted molar refractivity (Wildman–Crippen MR) is 90.1 cm³/mol. The molecule has 23 heavy (non-hydrogen) atoms. The Bertz CT molecular complexity index is 758. The van der Waals surface area contributed by atoms with Gasteiger partial charge >= 0.3 is 0 Å². The summed E-state index contributed by atoms with van der Waals surface area (Å²) in [6, 6.07) is 0. The van der Waals surface area contributed by atoms with Crippen LogP contribution in [0.4, 0.5) is 5.82 Å². The summed E-state index contributed by atoms with van der Waals surface area (Å²) < 4.78 is 2.18. The van der Waals surface area contributed by atoms with Gasteiger partial charge in [-0.1, -0.05) is 19.3 Å². The summed E-state index contributed by atoms with van der Waals surface area (Å²) in [5.74, 6) is 5.47. The molecular formula is C18H25N5. The largest absolute Gasteiger partial charge is 0.382 e. The Morgan fingerprint density at radius 2 is 1.83 bits per heavy atom. The summed E-state index contributed by atoms with van der Waals surface area (Å²) in [5.41, 5.74) is 8.03. The maximum absolute atomic E-state index is 6.28. The van der Waals surface area contributed by atoms with Gasteiger partial charge in [0.25, 0.3) is 0 Å². The average Bonchev–Trinajstić information content (AvgIpc) is 3.31. The normalized spacial score (nSPS) is 30.7. The number of fused-ring (bicyclic) bond motifs is 3. The molecule has 2 aromatic rings. The van der Waals surface area contributed by atoms with Gasteiger partial charge in [-0.3, -0.25) is 0 Å². The number of anilines is 1. The predicted octanol–water partition coefficient (Wildman–Crippen LogP) is 3.51. The molecule has 3 saturated carbocycles. The molecule has 0 radical (unpaired) electrons. The Kier molecular flexibility index (Phi) is 2.94. The van der Waals surface area contributed by atoms with Crippen LogP contribution < -0.4 is 5.73 Å². The monoisotopic (exact) mass is 311 g/mol. The van der Waals surface area contributed by atoms with E-state index in [1.807, 2.05) is 0 Å². The van der Waals surface area contributed by atoms with Crippen LogP contribution >= 0.6 is 0 Å². The third-order valence-electron chi connectivity index (χ3n) is 6.59. The second-order valence-corrected chi connectivity index (χ2v) is 7.93. The van der Waals surface area contributed by atoms with E-state index in [1.165, 1.54) is 51.4 Å². The fraction of sp³-hybridized carbons (Fsp3) is 0.722. The molecule has 3 aliphatic carbocycles. The van der Waals surface area contributed by atoms with Crippen LogP contribution in [0.3, 0.4) is 0 Å². The van der Waals surface area contributed by atoms with Gasteiger partial charge in [-0.15, -0.1) is 0 Å². The van der Waals surface area contributed by atoms with Crippen molar-refractivity contribution in [2.24, 2.45) is 18.9 Å². The molecule has 3 atom stereocenters. The van der Waals surface area contributed by atoms with E-state index in [9.17, 15) is 0 Å². The van der Waals surface area contributed by atoms with E-state index in [1.54, 1.807) is 0 Å². The highest BCUT2D eigenvalue weighted by atomic mass is 15.2. The summed E-state index contributed by atoms with van der Waals surface area (Å²) in [7, 11) is 2.10. The standard InChI is InChI=1S/C18H25N5/c1-23-17(11-4-2-3-5-11)20-14-15(19)21-16(22-18(14)23)13-9-10-6-7-12(13)8-10/h10-13H,2-9H2,1H3,(H2,19,21,22). The lowest BCUT2D eigenvalue weighted by Crippen LogP contribution is -2.14. The third-order valence-corrected chi connectivity index (χ3v) is 6.59. The van der Waals surface area contributed by atoms with Crippen molar-refractivity contribution >= 4 is 17.0 Å². The fourth-order valence-corrected chi connectivity index (χ4v) is 5.39. The van der Waals surface area contributed by atoms with E-state index in [-0.39, 0.29) is 0 Å². The van der Waals surface area contributed by atoms with Gasteiger partial charge in [-0.25, -0.2) is 15.0 Å². The van der Waals surface area contributed by atoms with Gasteiger partial charge in [0.05, 0.1) is 0 Å². The van der Waals surface area contributed by atoms with E-state index >= 15 is 0 Å². The Balaban J connectivity index is 1.59. The molecule has 0 aliphatic heterocycles. The van der Waals surface area contributed by atoms with Crippen LogP contribution in [-0.2, 0) is 7.05 Å². The number of hydrogen-bond donors (Lipinski definition) is 1. The van der Waals surface area contributed by atoms with Crippen LogP contribution in [0.15, 0.2) is 0 Å². The molecule has 3 aliphatic rings. The summed E-state index contributed by atoms with van der Waals surface area (Å²) >= 11 is 0. The van der Waals surface area contributed by atoms with Crippen LogP contribution in [-0.4, -0.2) is 19.5 Å². The fourth-order valence-electron chi connectivity index (χ4n) is 5.39. The van der Waals surface area contributed by atoms with Gasteiger partial charge in [0.1, 0.15) is 11.6 Å². The van der Waals surface area contributed by atoms with Crippen LogP contribution in [0.1, 0.15) is 74.9 Å². The van der Waals surface area contributed by atoms with E-state index in [0.29, 0.717) is 17.7 Å². The second-order valence-electron chi connectivity index (χ2n) is 7.93. The first kappa shape index (κ1) is 13.8. The van der Waals surface area contributed by atoms with Crippen LogP contribution in [0.2, 0.25) is 0 Å². The van der Waals surface area contributed by atoms with Gasteiger partial charge in [0.2, 0.25) is 0 Å². The van der Waals surface area contributed by atoms with Crippen molar-refractivity contribution in [1.82, 2.24) is 19.5 Å². The molecule has 5 heteroatoms. The van der Waals surface area contributed by atoms with Gasteiger partial charge in [0, 0.05) is 18.9 Å². The zero-order valence-corrected chi connectivity index (χ0v) is 13.8. The lowest BCUT2D eigenvalue weighted by molar-refractivity contribution is 0.406. The number of rotatable bonds is 2. The topological polar surface area (TPSA) is 69.6 Å². The minimum absolute atomic E-state index is 0.519. The van der Waals surface area contributed by atoms with E-state index in [0.717, 1.165) is 34.6 Å². The zero-order valence-electron chi connectivity index (χ0n) is 13.8. The van der Waals surface area contributed by atoms with Crippen LogP contribution in [0, 0.1) is 11.8 Å². The molecule has 5 nitrogen and oxygen atoms in total. The average molecular weight is 311 g/mol. The quantitative estimate of drug-likeness (QED) is 0.921. The van der Waals surface area contributed by atoms with Gasteiger partial charge in [0.15, 0.2) is 17.0 Å². The van der Waals surface area contributed by atoms with E-state index in [2.05, 4.69) is 16.6 Å². The van der Waals surface area contributed by atoms with Crippen LogP contribution in [0.25, 0.3) is 11.2 Å². The van der Waals surface area contributed by atoms with Crippen molar-refractivity contribution in [1.29, 1.82) is 0 Å². The lowest BCUT2D eigenvalue weighted by atomic mass is 9.88. The Morgan fingerprint density at radius 1 is 1.00 bits per heavy atom. The van der Waals surface area contributed by atoms with Gasteiger partial charge in [-0.2, -0.15) is 0 Å². The minimum Gasteiger partial charge on any atom is -0.382 e. The van der Waals surface area contributed by atoms with Crippen molar-refractivity contribution in [3.8, 4) is 0 Å². The van der Waals surface area contributed by atoms with Crippen molar-refractivity contribution < 1.29 is 0 Å². The molecule has 2 heterocycles. The van der Waals surface area contributed by atoms with Gasteiger partial charge in [-0.05, 0) is 43.9 Å². The number of aryl methyl sites for hydroxylation is 1. The highest BCUT2D eigenvalue weighted by molar-refractivity contribution is 5.82. The molecule has 0 spiro atoms. The molecule has 3 fully saturated rings. The molecule has 2 aromatic heterocycles. The minimum atomic E-state index is 0.519. The molecule has 3 unspecified atom stereocenters. The Labute approximate surface area is 136 Å². The molecule has 2 N–H and O–H groups in total. The second kappa shape index (κ2) is 4.92. The number of nitrogens with two attached hydrogens (primary N) is 1. The molecule has 0 saturated heterocycles. The first-order valence-electron chi connectivity index (χ1n) is 9.20. The zero-order chi connectivity index (χ0) is 15.6. The third kappa shape index (κ3) is 2.01. The van der Waals surface area contributed by atoms with Crippen LogP contribution in [0.5, 0.6) is 0 Å². The van der Waals surface area contributed by atoms with Crippen molar-refractivity contribution in [3.63, 3.8) is 0 Å². The van der Waals surface area contributed by atoms with Crippen molar-refractivity contribution in [3.05, 3.63) is 11.6 Å². The van der Waals surface area contributed by atoms with Crippen molar-refractivity contribution in [2.45, 2.75) is 63.2 Å². The maximum atomic E-state index is 6.28. The Morgan fingerprint density at radius 3 is 2.52 bits per heavy atom. The first-order chi connectivity index (χ1) is 11.2. The molecule has 0 amide bonds. The number of nitrogens with zero attached hydrogens (tertiary/aromatic N) is 4. The number of nitrogen functional groups attached to an aromatic ring is 1. The smallest absolute Gasteiger partial charge is 0.165 e. The summed E-state index contributed by atoms with van der Waals surface area (Å²) in [6.07, 6.45) is 10.5. The van der Waals surface area contributed by atoms with E-state index in [4.69, 9.17) is 15.7 Å². The number of hydrogen-bond acceptors (Lipinski definition) is 4. The van der Waals surface area contributed by atoms with Crippen molar-refractivity contribution in [2.75, 3.05) is 5.73 Å². The molecule has 2 bridgehead atoms. The molecule has 5 rings (SSSR count). The number of imidazole rings is 1. The summed E-state index contributed by atoms with van der Waals surface area (Å²) in [6.45, 7) is 0. The molecular weight excluding hydrogens is 286 g/mol. The molecule has 0 aromatic carbocycles. The van der Waals surface area contributed by atoms with Gasteiger partial charge < -0.3 is 10.3 Å². The summed E-state index contributed by atoms with van der Waals surface area (Å²) in [4.78, 5) is 14.4. The first-order valence-corrected chi connectivity index (χ1v) is 9.20. The summed E-state index contributed by atoms with van der Waals surface area (Å²) in [5, 5.41) is 0. The SMILES string of the molecule is Cn1c(C2CCCC2)nc2c(N)nc(C3CC4CCC3C4)nc21. The molecule has 122 valence electrons. The highest BCUT2D eigenvalue weighted by Crippen LogP contribution is 2.52. The Hall–Kier alpha value is -1.65. The maximum Gasteiger partial charge on any atom is 0.165 e.